The number of hydrogen-bond donors (Lipinski definition) is 1. The lowest BCUT2D eigenvalue weighted by molar-refractivity contribution is -0.121. The minimum atomic E-state index is -0.262. The number of aryl methyl sites for hydroxylation is 1. The number of para-hydroxylation sites is 1. The van der Waals surface area contributed by atoms with Crippen LogP contribution in [0.2, 0.25) is 0 Å². The van der Waals surface area contributed by atoms with E-state index in [-0.39, 0.29) is 17.8 Å². The minimum Gasteiger partial charge on any atom is -0.496 e. The summed E-state index contributed by atoms with van der Waals surface area (Å²) in [7, 11) is 5.51. The lowest BCUT2D eigenvalue weighted by Crippen LogP contribution is -2.34. The van der Waals surface area contributed by atoms with Crippen LogP contribution < -0.4 is 10.1 Å². The van der Waals surface area contributed by atoms with E-state index in [0.717, 1.165) is 16.9 Å². The van der Waals surface area contributed by atoms with Crippen molar-refractivity contribution < 1.29 is 13.9 Å². The quantitative estimate of drug-likeness (QED) is 0.800. The van der Waals surface area contributed by atoms with Crippen LogP contribution >= 0.6 is 0 Å². The van der Waals surface area contributed by atoms with Crippen LogP contribution in [0, 0.1) is 5.82 Å². The average Bonchev–Trinajstić information content (AvgIpc) is 2.61. The Kier molecular flexibility index (Phi) is 6.95. The summed E-state index contributed by atoms with van der Waals surface area (Å²) in [5.74, 6) is 0.523. The molecule has 2 aromatic carbocycles. The molecule has 0 aliphatic rings. The topological polar surface area (TPSA) is 41.6 Å². The third kappa shape index (κ3) is 5.57. The number of hydrogen-bond acceptors (Lipinski definition) is 3. The van der Waals surface area contributed by atoms with E-state index in [1.807, 2.05) is 43.3 Å². The first-order valence-electron chi connectivity index (χ1n) is 8.31. The number of nitrogens with zero attached hydrogens (tertiary/aromatic N) is 1. The van der Waals surface area contributed by atoms with Crippen molar-refractivity contribution in [3.8, 4) is 5.75 Å². The fraction of sp³-hybridized carbons (Fsp3) is 0.350. The summed E-state index contributed by atoms with van der Waals surface area (Å²) in [4.78, 5) is 14.2. The molecule has 0 fully saturated rings. The average molecular weight is 344 g/mol. The maximum Gasteiger partial charge on any atom is 0.220 e. The first-order valence-corrected chi connectivity index (χ1v) is 8.31. The Morgan fingerprint density at radius 3 is 2.48 bits per heavy atom. The highest BCUT2D eigenvalue weighted by atomic mass is 19.1. The Morgan fingerprint density at radius 1 is 1.16 bits per heavy atom. The van der Waals surface area contributed by atoms with Crippen LogP contribution in [0.3, 0.4) is 0 Å². The van der Waals surface area contributed by atoms with Gasteiger partial charge in [-0.05, 0) is 49.8 Å². The summed E-state index contributed by atoms with van der Waals surface area (Å²) in [6.45, 7) is 0.476. The lowest BCUT2D eigenvalue weighted by Gasteiger charge is -2.25. The van der Waals surface area contributed by atoms with E-state index in [4.69, 9.17) is 4.74 Å². The van der Waals surface area contributed by atoms with E-state index in [1.165, 1.54) is 12.1 Å². The number of benzene rings is 2. The fourth-order valence-electron chi connectivity index (χ4n) is 2.74. The number of halogens is 1. The number of ether oxygens (including phenoxy) is 1. The van der Waals surface area contributed by atoms with Gasteiger partial charge in [-0.1, -0.05) is 30.3 Å². The summed E-state index contributed by atoms with van der Waals surface area (Å²) >= 11 is 0. The maximum absolute atomic E-state index is 13.1. The third-order valence-corrected chi connectivity index (χ3v) is 4.18. The first kappa shape index (κ1) is 18.9. The van der Waals surface area contributed by atoms with Crippen LogP contribution in [0.4, 0.5) is 4.39 Å². The molecule has 134 valence electrons. The predicted molar refractivity (Wildman–Crippen MR) is 97.2 cm³/mol. The monoisotopic (exact) mass is 344 g/mol. The Bertz CT molecular complexity index is 686. The zero-order valence-corrected chi connectivity index (χ0v) is 15.0. The van der Waals surface area contributed by atoms with Crippen LogP contribution in [0.25, 0.3) is 0 Å². The molecule has 1 unspecified atom stereocenters. The molecule has 0 radical (unpaired) electrons. The molecule has 2 rings (SSSR count). The summed E-state index contributed by atoms with van der Waals surface area (Å²) in [6.07, 6.45) is 1.02. The molecule has 1 N–H and O–H groups in total. The summed E-state index contributed by atoms with van der Waals surface area (Å²) in [6, 6.07) is 14.1. The van der Waals surface area contributed by atoms with Crippen LogP contribution in [0.1, 0.15) is 23.6 Å². The lowest BCUT2D eigenvalue weighted by atomic mass is 10.1. The second kappa shape index (κ2) is 9.18. The van der Waals surface area contributed by atoms with Gasteiger partial charge in [-0.3, -0.25) is 4.79 Å². The number of likely N-dealkylation sites (N-methyl/N-ethyl adjacent to an activating group) is 1. The molecule has 2 aromatic rings. The molecule has 0 heterocycles. The van der Waals surface area contributed by atoms with Gasteiger partial charge in [0.15, 0.2) is 0 Å². The SMILES string of the molecule is COc1ccccc1CCC(=O)NCC(c1ccc(F)cc1)N(C)C. The molecule has 5 heteroatoms. The van der Waals surface area contributed by atoms with E-state index in [9.17, 15) is 9.18 Å². The summed E-state index contributed by atoms with van der Waals surface area (Å²) in [5.41, 5.74) is 1.99. The van der Waals surface area contributed by atoms with Crippen LogP contribution in [0.15, 0.2) is 48.5 Å². The van der Waals surface area contributed by atoms with Crippen LogP contribution in [0.5, 0.6) is 5.75 Å². The highest BCUT2D eigenvalue weighted by Crippen LogP contribution is 2.20. The van der Waals surface area contributed by atoms with Gasteiger partial charge in [0, 0.05) is 13.0 Å². The summed E-state index contributed by atoms with van der Waals surface area (Å²) in [5, 5.41) is 2.97. The van der Waals surface area contributed by atoms with Crippen molar-refractivity contribution in [2.45, 2.75) is 18.9 Å². The molecule has 1 amide bonds. The Morgan fingerprint density at radius 2 is 1.84 bits per heavy atom. The molecule has 4 nitrogen and oxygen atoms in total. The molecule has 0 bridgehead atoms. The smallest absolute Gasteiger partial charge is 0.220 e. The van der Waals surface area contributed by atoms with E-state index in [2.05, 4.69) is 5.32 Å². The molecular weight excluding hydrogens is 319 g/mol. The number of carbonyl (C=O) groups excluding carboxylic acids is 1. The van der Waals surface area contributed by atoms with Crippen LogP contribution in [-0.4, -0.2) is 38.6 Å². The van der Waals surface area contributed by atoms with Crippen molar-refractivity contribution in [1.29, 1.82) is 0 Å². The molecule has 0 aliphatic carbocycles. The number of carbonyl (C=O) groups is 1. The standard InChI is InChI=1S/C20H25FN2O2/c1-23(2)18(15-8-11-17(21)12-9-15)14-22-20(24)13-10-16-6-4-5-7-19(16)25-3/h4-9,11-12,18H,10,13-14H2,1-3H3,(H,22,24). The van der Waals surface area contributed by atoms with Crippen molar-refractivity contribution in [3.05, 3.63) is 65.5 Å². The normalized spacial score (nSPS) is 12.0. The second-order valence-electron chi connectivity index (χ2n) is 6.15. The Labute approximate surface area is 148 Å². The number of methoxy groups -OCH3 is 1. The number of nitrogens with one attached hydrogen (secondary N) is 1. The van der Waals surface area contributed by atoms with E-state index < -0.39 is 0 Å². The van der Waals surface area contributed by atoms with E-state index in [1.54, 1.807) is 19.2 Å². The van der Waals surface area contributed by atoms with Crippen molar-refractivity contribution in [3.63, 3.8) is 0 Å². The Balaban J connectivity index is 1.89. The largest absolute Gasteiger partial charge is 0.496 e. The molecular formula is C20H25FN2O2. The van der Waals surface area contributed by atoms with Crippen molar-refractivity contribution >= 4 is 5.91 Å². The van der Waals surface area contributed by atoms with Gasteiger partial charge in [-0.25, -0.2) is 4.39 Å². The Hall–Kier alpha value is -2.40. The molecule has 1 atom stereocenters. The van der Waals surface area contributed by atoms with Crippen LogP contribution in [-0.2, 0) is 11.2 Å². The zero-order valence-electron chi connectivity index (χ0n) is 15.0. The van der Waals surface area contributed by atoms with Gasteiger partial charge in [0.25, 0.3) is 0 Å². The summed E-state index contributed by atoms with van der Waals surface area (Å²) < 4.78 is 18.4. The van der Waals surface area contributed by atoms with Gasteiger partial charge < -0.3 is 15.0 Å². The zero-order chi connectivity index (χ0) is 18.2. The van der Waals surface area contributed by atoms with Crippen molar-refractivity contribution in [2.75, 3.05) is 27.7 Å². The van der Waals surface area contributed by atoms with Gasteiger partial charge in [0.05, 0.1) is 13.2 Å². The predicted octanol–water partition coefficient (Wildman–Crippen LogP) is 3.19. The van der Waals surface area contributed by atoms with Gasteiger partial charge in [0.2, 0.25) is 5.91 Å². The van der Waals surface area contributed by atoms with Gasteiger partial charge in [-0.15, -0.1) is 0 Å². The van der Waals surface area contributed by atoms with Crippen molar-refractivity contribution in [1.82, 2.24) is 10.2 Å². The molecule has 0 saturated carbocycles. The van der Waals surface area contributed by atoms with Crippen molar-refractivity contribution in [2.24, 2.45) is 0 Å². The molecule has 0 saturated heterocycles. The van der Waals surface area contributed by atoms with E-state index >= 15 is 0 Å². The second-order valence-corrected chi connectivity index (χ2v) is 6.15. The molecule has 0 spiro atoms. The van der Waals surface area contributed by atoms with E-state index in [0.29, 0.717) is 19.4 Å². The number of rotatable bonds is 8. The van der Waals surface area contributed by atoms with Gasteiger partial charge in [-0.2, -0.15) is 0 Å². The van der Waals surface area contributed by atoms with Gasteiger partial charge >= 0.3 is 0 Å². The first-order chi connectivity index (χ1) is 12.0. The highest BCUT2D eigenvalue weighted by Gasteiger charge is 2.15. The number of amides is 1. The maximum atomic E-state index is 13.1. The fourth-order valence-corrected chi connectivity index (χ4v) is 2.74. The minimum absolute atomic E-state index is 0.00388. The molecule has 25 heavy (non-hydrogen) atoms. The molecule has 0 aromatic heterocycles. The third-order valence-electron chi connectivity index (χ3n) is 4.18. The highest BCUT2D eigenvalue weighted by molar-refractivity contribution is 5.76. The van der Waals surface area contributed by atoms with Gasteiger partial charge in [0.1, 0.15) is 11.6 Å². The molecule has 0 aliphatic heterocycles.